The van der Waals surface area contributed by atoms with Crippen molar-refractivity contribution in [1.82, 2.24) is 0 Å². The van der Waals surface area contributed by atoms with Crippen molar-refractivity contribution in [3.8, 4) is 11.5 Å². The monoisotopic (exact) mass is 452 g/mol. The van der Waals surface area contributed by atoms with Crippen LogP contribution >= 0.6 is 39.3 Å². The lowest BCUT2D eigenvalue weighted by molar-refractivity contribution is -0.113. The van der Waals surface area contributed by atoms with E-state index < -0.39 is 0 Å². The normalized spacial score (nSPS) is 15.3. The molecule has 0 bridgehead atoms. The lowest BCUT2D eigenvalue weighted by atomic mass is 10.2. The highest BCUT2D eigenvalue weighted by Crippen LogP contribution is 2.39. The van der Waals surface area contributed by atoms with Crippen LogP contribution < -0.4 is 15.2 Å². The van der Waals surface area contributed by atoms with Gasteiger partial charge in [0.15, 0.2) is 16.7 Å². The lowest BCUT2D eigenvalue weighted by Crippen LogP contribution is -2.01. The number of hydrogen-bond donors (Lipinski definition) is 1. The molecule has 3 rings (SSSR count). The molecule has 0 radical (unpaired) electrons. The van der Waals surface area contributed by atoms with Crippen molar-refractivity contribution >= 4 is 56.4 Å². The zero-order valence-corrected chi connectivity index (χ0v) is 16.8. The van der Waals surface area contributed by atoms with Crippen LogP contribution in [0.2, 0.25) is 5.02 Å². The molecular weight excluding hydrogens is 440 g/mol. The van der Waals surface area contributed by atoms with Crippen LogP contribution in [0.4, 0.5) is 0 Å². The number of rotatable bonds is 5. The quantitative estimate of drug-likeness (QED) is 0.669. The Labute approximate surface area is 168 Å². The number of carbonyl (C=O) groups is 1. The SMILES string of the molecule is COc1cc(C=C2SC(N)=NC2=O)cc(Br)c1OCc1ccccc1Cl. The third kappa shape index (κ3) is 4.23. The molecule has 2 aromatic carbocycles. The number of hydrogen-bond acceptors (Lipinski definition) is 5. The standard InChI is InChI=1S/C18H14BrClN2O3S/c1-24-14-7-10(8-15-17(23)22-18(21)26-15)6-12(19)16(14)25-9-11-4-2-3-5-13(11)20/h2-8H,9H2,1H3,(H2,21,22,23). The van der Waals surface area contributed by atoms with Gasteiger partial charge >= 0.3 is 0 Å². The molecule has 8 heteroatoms. The first-order valence-electron chi connectivity index (χ1n) is 7.49. The Morgan fingerprint density at radius 2 is 2.12 bits per heavy atom. The molecule has 0 saturated heterocycles. The minimum atomic E-state index is -0.346. The van der Waals surface area contributed by atoms with Crippen LogP contribution in [-0.2, 0) is 11.4 Å². The number of halogens is 2. The van der Waals surface area contributed by atoms with Crippen LogP contribution in [0.3, 0.4) is 0 Å². The third-order valence-electron chi connectivity index (χ3n) is 3.52. The summed E-state index contributed by atoms with van der Waals surface area (Å²) >= 11 is 10.8. The van der Waals surface area contributed by atoms with E-state index >= 15 is 0 Å². The van der Waals surface area contributed by atoms with Crippen LogP contribution in [0.15, 0.2) is 50.8 Å². The first-order valence-corrected chi connectivity index (χ1v) is 9.48. The van der Waals surface area contributed by atoms with Gasteiger partial charge in [0.05, 0.1) is 16.5 Å². The molecule has 2 aromatic rings. The van der Waals surface area contributed by atoms with E-state index in [0.717, 1.165) is 22.9 Å². The topological polar surface area (TPSA) is 73.9 Å². The molecule has 1 aliphatic heterocycles. The molecular formula is C18H14BrClN2O3S. The van der Waals surface area contributed by atoms with E-state index in [0.29, 0.717) is 32.5 Å². The first kappa shape index (κ1) is 18.8. The largest absolute Gasteiger partial charge is 0.493 e. The molecule has 2 N–H and O–H groups in total. The average Bonchev–Trinajstić information content (AvgIpc) is 2.92. The Bertz CT molecular complexity index is 931. The van der Waals surface area contributed by atoms with Crippen molar-refractivity contribution in [3.63, 3.8) is 0 Å². The van der Waals surface area contributed by atoms with Crippen LogP contribution in [0, 0.1) is 0 Å². The maximum atomic E-state index is 11.7. The van der Waals surface area contributed by atoms with Gasteiger partial charge in [0, 0.05) is 10.6 Å². The van der Waals surface area contributed by atoms with Crippen molar-refractivity contribution < 1.29 is 14.3 Å². The van der Waals surface area contributed by atoms with Crippen LogP contribution in [-0.4, -0.2) is 18.2 Å². The number of amides is 1. The molecule has 0 fully saturated rings. The number of amidine groups is 1. The number of carbonyl (C=O) groups excluding carboxylic acids is 1. The third-order valence-corrected chi connectivity index (χ3v) is 5.29. The van der Waals surface area contributed by atoms with E-state index in [4.69, 9.17) is 26.8 Å². The number of benzene rings is 2. The fourth-order valence-corrected chi connectivity index (χ4v) is 3.75. The number of aliphatic imine (C=N–C) groups is 1. The molecule has 0 unspecified atom stereocenters. The minimum Gasteiger partial charge on any atom is -0.493 e. The maximum absolute atomic E-state index is 11.7. The average molecular weight is 454 g/mol. The number of thioether (sulfide) groups is 1. The Morgan fingerprint density at radius 3 is 2.77 bits per heavy atom. The van der Waals surface area contributed by atoms with Gasteiger partial charge < -0.3 is 15.2 Å². The van der Waals surface area contributed by atoms with Crippen molar-refractivity contribution in [3.05, 3.63) is 61.9 Å². The van der Waals surface area contributed by atoms with E-state index in [9.17, 15) is 4.79 Å². The molecule has 1 aliphatic rings. The van der Waals surface area contributed by atoms with Crippen LogP contribution in [0.25, 0.3) is 6.08 Å². The molecule has 0 saturated carbocycles. The summed E-state index contributed by atoms with van der Waals surface area (Å²) in [7, 11) is 1.55. The van der Waals surface area contributed by atoms with Gasteiger partial charge in [-0.2, -0.15) is 4.99 Å². The Balaban J connectivity index is 1.85. The fourth-order valence-electron chi connectivity index (χ4n) is 2.31. The summed E-state index contributed by atoms with van der Waals surface area (Å²) in [5, 5.41) is 0.880. The second kappa shape index (κ2) is 8.16. The Kier molecular flexibility index (Phi) is 5.90. The Hall–Kier alpha value is -1.96. The van der Waals surface area contributed by atoms with Gasteiger partial charge in [-0.1, -0.05) is 29.8 Å². The zero-order valence-electron chi connectivity index (χ0n) is 13.7. The molecule has 134 valence electrons. The zero-order chi connectivity index (χ0) is 18.7. The van der Waals surface area contributed by atoms with Crippen molar-refractivity contribution in [2.75, 3.05) is 7.11 Å². The van der Waals surface area contributed by atoms with E-state index in [1.807, 2.05) is 30.3 Å². The second-order valence-corrected chi connectivity index (χ2v) is 7.60. The van der Waals surface area contributed by atoms with Crippen LogP contribution in [0.1, 0.15) is 11.1 Å². The molecule has 1 amide bonds. The number of methoxy groups -OCH3 is 1. The van der Waals surface area contributed by atoms with Gasteiger partial charge in [0.2, 0.25) is 0 Å². The maximum Gasteiger partial charge on any atom is 0.286 e. The predicted molar refractivity (Wildman–Crippen MR) is 109 cm³/mol. The highest BCUT2D eigenvalue weighted by Gasteiger charge is 2.20. The van der Waals surface area contributed by atoms with E-state index in [2.05, 4.69) is 20.9 Å². The lowest BCUT2D eigenvalue weighted by Gasteiger charge is -2.14. The fraction of sp³-hybridized carbons (Fsp3) is 0.111. The van der Waals surface area contributed by atoms with E-state index in [-0.39, 0.29) is 11.1 Å². The van der Waals surface area contributed by atoms with Gasteiger partial charge in [-0.15, -0.1) is 0 Å². The predicted octanol–water partition coefficient (Wildman–Crippen LogP) is 4.62. The van der Waals surface area contributed by atoms with Crippen molar-refractivity contribution in [2.24, 2.45) is 10.7 Å². The summed E-state index contributed by atoms with van der Waals surface area (Å²) < 4.78 is 12.0. The van der Waals surface area contributed by atoms with Gasteiger partial charge in [-0.25, -0.2) is 0 Å². The van der Waals surface area contributed by atoms with Crippen molar-refractivity contribution in [1.29, 1.82) is 0 Å². The van der Waals surface area contributed by atoms with Crippen molar-refractivity contribution in [2.45, 2.75) is 6.61 Å². The summed E-state index contributed by atoms with van der Waals surface area (Å²) in [6, 6.07) is 11.1. The minimum absolute atomic E-state index is 0.243. The molecule has 0 aliphatic carbocycles. The summed E-state index contributed by atoms with van der Waals surface area (Å²) in [6.45, 7) is 0.299. The highest BCUT2D eigenvalue weighted by molar-refractivity contribution is 9.10. The van der Waals surface area contributed by atoms with Gasteiger partial charge in [0.1, 0.15) is 6.61 Å². The smallest absolute Gasteiger partial charge is 0.286 e. The number of ether oxygens (including phenoxy) is 2. The summed E-state index contributed by atoms with van der Waals surface area (Å²) in [4.78, 5) is 15.9. The molecule has 0 spiro atoms. The van der Waals surface area contributed by atoms with E-state index in [1.165, 1.54) is 0 Å². The van der Waals surface area contributed by atoms with Gasteiger partial charge in [-0.05, 0) is 57.5 Å². The van der Waals surface area contributed by atoms with E-state index in [1.54, 1.807) is 19.3 Å². The second-order valence-electron chi connectivity index (χ2n) is 5.28. The summed E-state index contributed by atoms with van der Waals surface area (Å²) in [5.74, 6) is 0.736. The molecule has 0 aromatic heterocycles. The molecule has 26 heavy (non-hydrogen) atoms. The molecule has 1 heterocycles. The number of nitrogens with zero attached hydrogens (tertiary/aromatic N) is 1. The van der Waals surface area contributed by atoms with Gasteiger partial charge in [0.25, 0.3) is 5.91 Å². The first-order chi connectivity index (χ1) is 12.5. The molecule has 5 nitrogen and oxygen atoms in total. The highest BCUT2D eigenvalue weighted by atomic mass is 79.9. The summed E-state index contributed by atoms with van der Waals surface area (Å²) in [6.07, 6.45) is 1.71. The number of nitrogens with two attached hydrogens (primary N) is 1. The Morgan fingerprint density at radius 1 is 1.35 bits per heavy atom. The van der Waals surface area contributed by atoms with Crippen LogP contribution in [0.5, 0.6) is 11.5 Å². The summed E-state index contributed by atoms with van der Waals surface area (Å²) in [5.41, 5.74) is 7.21. The molecule has 0 atom stereocenters. The van der Waals surface area contributed by atoms with Gasteiger partial charge in [-0.3, -0.25) is 4.79 Å².